The molecule has 0 radical (unpaired) electrons. The summed E-state index contributed by atoms with van der Waals surface area (Å²) in [7, 11) is 0. The van der Waals surface area contributed by atoms with Gasteiger partial charge < -0.3 is 16.4 Å². The predicted molar refractivity (Wildman–Crippen MR) is 63.5 cm³/mol. The molecule has 0 spiro atoms. The molecule has 0 bridgehead atoms. The van der Waals surface area contributed by atoms with Crippen molar-refractivity contribution in [1.29, 1.82) is 0 Å². The molecule has 4 heteroatoms. The average molecular weight is 213 g/mol. The van der Waals surface area contributed by atoms with Crippen LogP contribution >= 0.6 is 0 Å². The van der Waals surface area contributed by atoms with E-state index < -0.39 is 0 Å². The van der Waals surface area contributed by atoms with Crippen LogP contribution in [0.4, 0.5) is 0 Å². The summed E-state index contributed by atoms with van der Waals surface area (Å²) in [4.78, 5) is 11.6. The fourth-order valence-corrected chi connectivity index (χ4v) is 1.08. The Hall–Kier alpha value is -0.870. The highest BCUT2D eigenvalue weighted by molar-refractivity contribution is 5.79. The van der Waals surface area contributed by atoms with Crippen molar-refractivity contribution >= 4 is 5.91 Å². The molecule has 0 saturated heterocycles. The van der Waals surface area contributed by atoms with Gasteiger partial charge in [0.2, 0.25) is 5.91 Å². The molecule has 88 valence electrons. The Bertz CT molecular complexity index is 202. The van der Waals surface area contributed by atoms with Crippen molar-refractivity contribution in [2.75, 3.05) is 19.6 Å². The van der Waals surface area contributed by atoms with Gasteiger partial charge in [-0.15, -0.1) is 0 Å². The smallest absolute Gasteiger partial charge is 0.225 e. The van der Waals surface area contributed by atoms with Gasteiger partial charge in [-0.05, 0) is 6.92 Å². The third-order valence-corrected chi connectivity index (χ3v) is 2.06. The summed E-state index contributed by atoms with van der Waals surface area (Å²) in [6.45, 7) is 7.61. The van der Waals surface area contributed by atoms with Gasteiger partial charge in [0.05, 0.1) is 5.92 Å². The third-order valence-electron chi connectivity index (χ3n) is 2.06. The van der Waals surface area contributed by atoms with Gasteiger partial charge in [0, 0.05) is 25.7 Å². The van der Waals surface area contributed by atoms with Gasteiger partial charge in [0.25, 0.3) is 0 Å². The first-order valence-corrected chi connectivity index (χ1v) is 5.44. The van der Waals surface area contributed by atoms with E-state index in [-0.39, 0.29) is 11.8 Å². The number of amides is 1. The Morgan fingerprint density at radius 1 is 1.47 bits per heavy atom. The molecule has 0 saturated carbocycles. The lowest BCUT2D eigenvalue weighted by molar-refractivity contribution is -0.124. The largest absolute Gasteiger partial charge is 0.352 e. The molecule has 1 amide bonds. The summed E-state index contributed by atoms with van der Waals surface area (Å²) in [6.07, 6.45) is 3.81. The average Bonchev–Trinajstić information content (AvgIpc) is 2.18. The summed E-state index contributed by atoms with van der Waals surface area (Å²) in [6, 6.07) is 0.377. The molecule has 0 rings (SSSR count). The molecule has 0 aliphatic carbocycles. The summed E-state index contributed by atoms with van der Waals surface area (Å²) in [5.41, 5.74) is 5.55. The van der Waals surface area contributed by atoms with E-state index in [2.05, 4.69) is 10.6 Å². The van der Waals surface area contributed by atoms with Crippen LogP contribution in [-0.4, -0.2) is 31.6 Å². The van der Waals surface area contributed by atoms with Crippen molar-refractivity contribution in [3.8, 4) is 0 Å². The first-order valence-electron chi connectivity index (χ1n) is 5.44. The van der Waals surface area contributed by atoms with Gasteiger partial charge in [0.15, 0.2) is 0 Å². The summed E-state index contributed by atoms with van der Waals surface area (Å²) in [5, 5.41) is 6.02. The van der Waals surface area contributed by atoms with Crippen molar-refractivity contribution in [2.24, 2.45) is 11.7 Å². The SMILES string of the molecule is C/C=C/CNC(=O)C(CN)CNC(C)C. The molecule has 0 aliphatic rings. The molecule has 1 atom stereocenters. The highest BCUT2D eigenvalue weighted by atomic mass is 16.1. The zero-order chi connectivity index (χ0) is 11.7. The number of carbonyl (C=O) groups excluding carboxylic acids is 1. The van der Waals surface area contributed by atoms with Crippen LogP contribution in [0.1, 0.15) is 20.8 Å². The first kappa shape index (κ1) is 14.1. The Morgan fingerprint density at radius 3 is 2.60 bits per heavy atom. The fraction of sp³-hybridized carbons (Fsp3) is 0.727. The van der Waals surface area contributed by atoms with Crippen molar-refractivity contribution in [3.05, 3.63) is 12.2 Å². The van der Waals surface area contributed by atoms with Crippen LogP contribution in [-0.2, 0) is 4.79 Å². The zero-order valence-corrected chi connectivity index (χ0v) is 9.92. The van der Waals surface area contributed by atoms with Gasteiger partial charge >= 0.3 is 0 Å². The second-order valence-electron chi connectivity index (χ2n) is 3.81. The summed E-state index contributed by atoms with van der Waals surface area (Å²) in [5.74, 6) is -0.124. The predicted octanol–water partition coefficient (Wildman–Crippen LogP) is 0.252. The van der Waals surface area contributed by atoms with Crippen LogP contribution < -0.4 is 16.4 Å². The van der Waals surface area contributed by atoms with Crippen LogP contribution in [0.5, 0.6) is 0 Å². The normalized spacial score (nSPS) is 13.4. The lowest BCUT2D eigenvalue weighted by atomic mass is 10.1. The minimum atomic E-state index is -0.141. The second-order valence-corrected chi connectivity index (χ2v) is 3.81. The monoisotopic (exact) mass is 213 g/mol. The maximum absolute atomic E-state index is 11.6. The van der Waals surface area contributed by atoms with Crippen LogP contribution in [0.25, 0.3) is 0 Å². The molecule has 0 aromatic rings. The minimum Gasteiger partial charge on any atom is -0.352 e. The molecule has 0 fully saturated rings. The third kappa shape index (κ3) is 7.11. The number of hydrogen-bond acceptors (Lipinski definition) is 3. The number of nitrogens with one attached hydrogen (secondary N) is 2. The zero-order valence-electron chi connectivity index (χ0n) is 9.92. The van der Waals surface area contributed by atoms with E-state index >= 15 is 0 Å². The topological polar surface area (TPSA) is 67.2 Å². The van der Waals surface area contributed by atoms with Crippen molar-refractivity contribution in [3.63, 3.8) is 0 Å². The van der Waals surface area contributed by atoms with Crippen LogP contribution in [0, 0.1) is 5.92 Å². The number of allylic oxidation sites excluding steroid dienone is 1. The molecular weight excluding hydrogens is 190 g/mol. The van der Waals surface area contributed by atoms with Crippen LogP contribution in [0.2, 0.25) is 0 Å². The van der Waals surface area contributed by atoms with Crippen molar-refractivity contribution in [1.82, 2.24) is 10.6 Å². The van der Waals surface area contributed by atoms with Crippen molar-refractivity contribution in [2.45, 2.75) is 26.8 Å². The number of nitrogens with two attached hydrogens (primary N) is 1. The van der Waals surface area contributed by atoms with E-state index in [1.807, 2.05) is 32.9 Å². The van der Waals surface area contributed by atoms with Gasteiger partial charge in [0.1, 0.15) is 0 Å². The van der Waals surface area contributed by atoms with Crippen molar-refractivity contribution < 1.29 is 4.79 Å². The van der Waals surface area contributed by atoms with Gasteiger partial charge in [-0.1, -0.05) is 26.0 Å². The summed E-state index contributed by atoms with van der Waals surface area (Å²) >= 11 is 0. The maximum Gasteiger partial charge on any atom is 0.225 e. The Kier molecular flexibility index (Phi) is 7.95. The van der Waals surface area contributed by atoms with E-state index in [0.29, 0.717) is 25.7 Å². The first-order chi connectivity index (χ1) is 7.11. The van der Waals surface area contributed by atoms with E-state index in [1.165, 1.54) is 0 Å². The summed E-state index contributed by atoms with van der Waals surface area (Å²) < 4.78 is 0. The van der Waals surface area contributed by atoms with E-state index in [4.69, 9.17) is 5.73 Å². The number of hydrogen-bond donors (Lipinski definition) is 3. The molecule has 0 aliphatic heterocycles. The molecule has 0 heterocycles. The Labute approximate surface area is 92.3 Å². The molecule has 0 aromatic heterocycles. The molecule has 4 N–H and O–H groups in total. The van der Waals surface area contributed by atoms with E-state index in [1.54, 1.807) is 0 Å². The minimum absolute atomic E-state index is 0.0174. The molecule has 1 unspecified atom stereocenters. The standard InChI is InChI=1S/C11H23N3O/c1-4-5-6-13-11(15)10(7-12)8-14-9(2)3/h4-5,9-10,14H,6-8,12H2,1-3H3,(H,13,15)/b5-4+. The lowest BCUT2D eigenvalue weighted by Crippen LogP contribution is -2.42. The van der Waals surface area contributed by atoms with Gasteiger partial charge in [-0.25, -0.2) is 0 Å². The molecule has 0 aromatic carbocycles. The Morgan fingerprint density at radius 2 is 2.13 bits per heavy atom. The van der Waals surface area contributed by atoms with E-state index in [9.17, 15) is 4.79 Å². The highest BCUT2D eigenvalue weighted by Crippen LogP contribution is 1.93. The van der Waals surface area contributed by atoms with Crippen LogP contribution in [0.3, 0.4) is 0 Å². The maximum atomic E-state index is 11.6. The fourth-order valence-electron chi connectivity index (χ4n) is 1.08. The number of rotatable bonds is 7. The molecule has 15 heavy (non-hydrogen) atoms. The molecular formula is C11H23N3O. The van der Waals surface area contributed by atoms with Gasteiger partial charge in [-0.2, -0.15) is 0 Å². The Balaban J connectivity index is 3.87. The number of carbonyl (C=O) groups is 1. The quantitative estimate of drug-likeness (QED) is 0.531. The van der Waals surface area contributed by atoms with E-state index in [0.717, 1.165) is 0 Å². The van der Waals surface area contributed by atoms with Gasteiger partial charge in [-0.3, -0.25) is 4.79 Å². The lowest BCUT2D eigenvalue weighted by Gasteiger charge is -2.16. The second kappa shape index (κ2) is 8.44. The molecule has 4 nitrogen and oxygen atoms in total. The highest BCUT2D eigenvalue weighted by Gasteiger charge is 2.15. The van der Waals surface area contributed by atoms with Crippen LogP contribution in [0.15, 0.2) is 12.2 Å².